The van der Waals surface area contributed by atoms with E-state index < -0.39 is 11.9 Å². The van der Waals surface area contributed by atoms with Crippen molar-refractivity contribution >= 4 is 17.7 Å². The van der Waals surface area contributed by atoms with E-state index in [1.165, 1.54) is 4.90 Å². The number of carbonyl (C=O) groups is 1. The van der Waals surface area contributed by atoms with Gasteiger partial charge < -0.3 is 14.2 Å². The van der Waals surface area contributed by atoms with E-state index in [1.807, 2.05) is 32.0 Å². The molecule has 1 aromatic rings. The first-order valence-corrected chi connectivity index (χ1v) is 8.94. The maximum atomic E-state index is 12.2. The van der Waals surface area contributed by atoms with Crippen LogP contribution in [0.3, 0.4) is 0 Å². The summed E-state index contributed by atoms with van der Waals surface area (Å²) in [6, 6.07) is 10.2. The minimum Gasteiger partial charge on any atom is -0.464 e. The smallest absolute Gasteiger partial charge is 0.338 e. The second kappa shape index (κ2) is 7.24. The van der Waals surface area contributed by atoms with Gasteiger partial charge in [0.2, 0.25) is 0 Å². The minimum atomic E-state index is -0.781. The van der Waals surface area contributed by atoms with Gasteiger partial charge in [0.25, 0.3) is 0 Å². The molecular weight excluding hydrogens is 312 g/mol. The van der Waals surface area contributed by atoms with Gasteiger partial charge >= 0.3 is 5.97 Å². The van der Waals surface area contributed by atoms with Crippen molar-refractivity contribution in [1.82, 2.24) is 0 Å². The molecule has 0 spiro atoms. The van der Waals surface area contributed by atoms with Gasteiger partial charge in [0.05, 0.1) is 6.61 Å². The van der Waals surface area contributed by atoms with Crippen LogP contribution in [0.25, 0.3) is 0 Å². The van der Waals surface area contributed by atoms with Gasteiger partial charge in [-0.2, -0.15) is 0 Å². The lowest BCUT2D eigenvalue weighted by Gasteiger charge is -2.32. The van der Waals surface area contributed by atoms with E-state index in [2.05, 4.69) is 26.0 Å². The molecule has 1 fully saturated rings. The summed E-state index contributed by atoms with van der Waals surface area (Å²) in [7, 11) is 0. The molecule has 1 aliphatic rings. The number of carbonyl (C=O) groups excluding carboxylic acids is 1. The fourth-order valence-electron chi connectivity index (χ4n) is 2.60. The van der Waals surface area contributed by atoms with E-state index in [1.54, 1.807) is 18.7 Å². The Labute approximate surface area is 142 Å². The maximum absolute atomic E-state index is 12.2. The van der Waals surface area contributed by atoms with Crippen molar-refractivity contribution in [3.05, 3.63) is 30.3 Å². The van der Waals surface area contributed by atoms with Crippen LogP contribution in [0.4, 0.5) is 0 Å². The van der Waals surface area contributed by atoms with Gasteiger partial charge in [0, 0.05) is 16.1 Å². The largest absolute Gasteiger partial charge is 0.464 e. The number of rotatable bonds is 6. The number of benzene rings is 1. The van der Waals surface area contributed by atoms with Crippen LogP contribution in [-0.4, -0.2) is 36.3 Å². The molecule has 0 saturated carbocycles. The third kappa shape index (κ3) is 4.72. The minimum absolute atomic E-state index is 0.244. The number of ether oxygens (including phenoxy) is 3. The number of thioether (sulfide) groups is 1. The second-order valence-corrected chi connectivity index (χ2v) is 7.87. The average molecular weight is 338 g/mol. The molecular formula is C18H26O4S. The molecule has 1 saturated heterocycles. The zero-order valence-electron chi connectivity index (χ0n) is 14.5. The predicted molar refractivity (Wildman–Crippen MR) is 91.4 cm³/mol. The van der Waals surface area contributed by atoms with Crippen LogP contribution in [0, 0.1) is 5.41 Å². The first-order chi connectivity index (χ1) is 10.7. The highest BCUT2D eigenvalue weighted by Crippen LogP contribution is 2.41. The molecule has 0 aliphatic carbocycles. The summed E-state index contributed by atoms with van der Waals surface area (Å²) >= 11 is 1.75. The molecule has 1 heterocycles. The molecule has 4 nitrogen and oxygen atoms in total. The lowest BCUT2D eigenvalue weighted by atomic mass is 9.85. The van der Waals surface area contributed by atoms with Crippen LogP contribution >= 0.6 is 11.8 Å². The van der Waals surface area contributed by atoms with Crippen LogP contribution in [-0.2, 0) is 19.0 Å². The first-order valence-electron chi connectivity index (χ1n) is 7.95. The molecule has 128 valence electrons. The van der Waals surface area contributed by atoms with Crippen molar-refractivity contribution in [3.63, 3.8) is 0 Å². The van der Waals surface area contributed by atoms with E-state index in [4.69, 9.17) is 14.2 Å². The molecule has 0 aromatic heterocycles. The summed E-state index contributed by atoms with van der Waals surface area (Å²) in [5.74, 6) is -0.311. The Morgan fingerprint density at radius 1 is 1.26 bits per heavy atom. The van der Waals surface area contributed by atoms with Crippen LogP contribution in [0.1, 0.15) is 34.6 Å². The average Bonchev–Trinajstić information content (AvgIpc) is 2.84. The Morgan fingerprint density at radius 3 is 2.52 bits per heavy atom. The topological polar surface area (TPSA) is 44.8 Å². The lowest BCUT2D eigenvalue weighted by Crippen LogP contribution is -2.44. The highest BCUT2D eigenvalue weighted by molar-refractivity contribution is 7.99. The standard InChI is InChI=1S/C18H26O4S/c1-6-20-16(19)14-15(22-18(4,5)21-14)17(2,3)12-23-13-10-8-7-9-11-13/h7-11,14-15H,6,12H2,1-5H3/t14-,15-/m1/s1. The van der Waals surface area contributed by atoms with Crippen LogP contribution in [0.2, 0.25) is 0 Å². The Hall–Kier alpha value is -1.04. The highest BCUT2D eigenvalue weighted by Gasteiger charge is 2.52. The number of hydrogen-bond donors (Lipinski definition) is 0. The molecule has 0 radical (unpaired) electrons. The van der Waals surface area contributed by atoms with Crippen molar-refractivity contribution in [2.75, 3.05) is 12.4 Å². The summed E-state index contributed by atoms with van der Waals surface area (Å²) in [6.07, 6.45) is -1.02. The summed E-state index contributed by atoms with van der Waals surface area (Å²) < 4.78 is 17.0. The SMILES string of the molecule is CCOC(=O)[C@@H]1OC(C)(C)O[C@H]1C(C)(C)CSc1ccccc1. The predicted octanol–water partition coefficient (Wildman–Crippen LogP) is 3.89. The van der Waals surface area contributed by atoms with Crippen molar-refractivity contribution in [1.29, 1.82) is 0 Å². The molecule has 0 amide bonds. The van der Waals surface area contributed by atoms with Crippen LogP contribution in [0.5, 0.6) is 0 Å². The van der Waals surface area contributed by atoms with Gasteiger partial charge in [-0.3, -0.25) is 0 Å². The van der Waals surface area contributed by atoms with Gasteiger partial charge in [0.15, 0.2) is 11.9 Å². The third-order valence-corrected chi connectivity index (χ3v) is 5.23. The molecule has 1 aliphatic heterocycles. The van der Waals surface area contributed by atoms with Crippen LogP contribution < -0.4 is 0 Å². The Balaban J connectivity index is 2.10. The fourth-order valence-corrected chi connectivity index (χ4v) is 3.65. The van der Waals surface area contributed by atoms with Crippen molar-refractivity contribution < 1.29 is 19.0 Å². The van der Waals surface area contributed by atoms with Crippen LogP contribution in [0.15, 0.2) is 35.2 Å². The van der Waals surface area contributed by atoms with Gasteiger partial charge in [-0.15, -0.1) is 11.8 Å². The number of hydrogen-bond acceptors (Lipinski definition) is 5. The normalized spacial score (nSPS) is 23.7. The Morgan fingerprint density at radius 2 is 1.91 bits per heavy atom. The van der Waals surface area contributed by atoms with Crippen molar-refractivity contribution in [2.45, 2.75) is 57.5 Å². The quantitative estimate of drug-likeness (QED) is 0.582. The number of esters is 1. The Bertz CT molecular complexity index is 527. The zero-order chi connectivity index (χ0) is 17.1. The molecule has 2 rings (SSSR count). The van der Waals surface area contributed by atoms with E-state index in [-0.39, 0.29) is 17.5 Å². The van der Waals surface area contributed by atoms with Crippen molar-refractivity contribution in [2.24, 2.45) is 5.41 Å². The molecule has 5 heteroatoms. The summed E-state index contributed by atoms with van der Waals surface area (Å²) in [6.45, 7) is 10.0. The zero-order valence-corrected chi connectivity index (χ0v) is 15.3. The van der Waals surface area contributed by atoms with Gasteiger partial charge in [-0.1, -0.05) is 32.0 Å². The monoisotopic (exact) mass is 338 g/mol. The second-order valence-electron chi connectivity index (χ2n) is 6.82. The Kier molecular flexibility index (Phi) is 5.76. The van der Waals surface area contributed by atoms with E-state index in [0.29, 0.717) is 6.61 Å². The lowest BCUT2D eigenvalue weighted by molar-refractivity contribution is -0.170. The summed E-state index contributed by atoms with van der Waals surface area (Å²) in [4.78, 5) is 13.4. The first kappa shape index (κ1) is 18.3. The molecule has 0 N–H and O–H groups in total. The van der Waals surface area contributed by atoms with Crippen molar-refractivity contribution in [3.8, 4) is 0 Å². The van der Waals surface area contributed by atoms with E-state index in [0.717, 1.165) is 5.75 Å². The summed E-state index contributed by atoms with van der Waals surface area (Å²) in [5.41, 5.74) is -0.244. The van der Waals surface area contributed by atoms with E-state index >= 15 is 0 Å². The fraction of sp³-hybridized carbons (Fsp3) is 0.611. The molecule has 0 unspecified atom stereocenters. The molecule has 23 heavy (non-hydrogen) atoms. The maximum Gasteiger partial charge on any atom is 0.338 e. The van der Waals surface area contributed by atoms with Gasteiger partial charge in [-0.25, -0.2) is 4.79 Å². The molecule has 0 bridgehead atoms. The highest BCUT2D eigenvalue weighted by atomic mass is 32.2. The van der Waals surface area contributed by atoms with E-state index in [9.17, 15) is 4.79 Å². The van der Waals surface area contributed by atoms with Gasteiger partial charge in [-0.05, 0) is 32.9 Å². The molecule has 1 aromatic carbocycles. The summed E-state index contributed by atoms with van der Waals surface area (Å²) in [5, 5.41) is 0. The third-order valence-electron chi connectivity index (χ3n) is 3.74. The molecule has 2 atom stereocenters. The van der Waals surface area contributed by atoms with Gasteiger partial charge in [0.1, 0.15) is 6.10 Å².